The normalized spacial score (nSPS) is 15.2. The van der Waals surface area contributed by atoms with E-state index in [1.165, 1.54) is 5.56 Å². The molecule has 0 amide bonds. The van der Waals surface area contributed by atoms with E-state index >= 15 is 0 Å². The quantitative estimate of drug-likeness (QED) is 0.685. The van der Waals surface area contributed by atoms with Gasteiger partial charge in [-0.3, -0.25) is 0 Å². The van der Waals surface area contributed by atoms with Crippen molar-refractivity contribution in [2.75, 3.05) is 21.3 Å². The summed E-state index contributed by atoms with van der Waals surface area (Å²) < 4.78 is 17.4. The van der Waals surface area contributed by atoms with Crippen molar-refractivity contribution >= 4 is 11.8 Å². The molecule has 0 saturated carbocycles. The van der Waals surface area contributed by atoms with Crippen LogP contribution in [-0.4, -0.2) is 31.6 Å². The first-order chi connectivity index (χ1) is 9.06. The van der Waals surface area contributed by atoms with Crippen molar-refractivity contribution < 1.29 is 27.7 Å². The number of nitrogens with zero attached hydrogens (tertiary/aromatic N) is 1. The first-order valence-corrected chi connectivity index (χ1v) is 10.2. The molecule has 0 N–H and O–H groups in total. The van der Waals surface area contributed by atoms with Gasteiger partial charge in [-0.05, 0) is 0 Å². The summed E-state index contributed by atoms with van der Waals surface area (Å²) in [6, 6.07) is 4.12. The van der Waals surface area contributed by atoms with Gasteiger partial charge in [0, 0.05) is 0 Å². The second-order valence-corrected chi connectivity index (χ2v) is 10.8. The van der Waals surface area contributed by atoms with Crippen molar-refractivity contribution in [3.05, 3.63) is 30.1 Å². The van der Waals surface area contributed by atoms with E-state index in [2.05, 4.69) is 31.0 Å². The molecule has 0 saturated heterocycles. The predicted molar refractivity (Wildman–Crippen MR) is 75.5 cm³/mol. The van der Waals surface area contributed by atoms with Gasteiger partial charge in [-0.1, -0.05) is 0 Å². The van der Waals surface area contributed by atoms with Gasteiger partial charge in [0.1, 0.15) is 0 Å². The molecule has 2 atom stereocenters. The van der Waals surface area contributed by atoms with Crippen LogP contribution >= 0.6 is 11.8 Å². The van der Waals surface area contributed by atoms with Crippen LogP contribution in [-0.2, 0) is 27.7 Å². The number of rotatable bonds is 8. The molecule has 0 bridgehead atoms. The summed E-state index contributed by atoms with van der Waals surface area (Å²) in [5, 5.41) is 0.840. The summed E-state index contributed by atoms with van der Waals surface area (Å²) in [7, 11) is 5.03. The zero-order chi connectivity index (χ0) is 14.3. The molecule has 1 rings (SSSR count). The first kappa shape index (κ1) is 17.1. The third-order valence-corrected chi connectivity index (χ3v) is 9.51. The second-order valence-electron chi connectivity index (χ2n) is 4.37. The Bertz CT molecular complexity index is 354. The van der Waals surface area contributed by atoms with Crippen LogP contribution in [0.5, 0.6) is 0 Å². The second kappa shape index (κ2) is 8.40. The molecule has 0 aliphatic carbocycles. The molecule has 0 spiro atoms. The van der Waals surface area contributed by atoms with E-state index in [-0.39, 0.29) is 0 Å². The average molecular weight is 321 g/mol. The third kappa shape index (κ3) is 5.18. The van der Waals surface area contributed by atoms with Crippen molar-refractivity contribution in [1.82, 2.24) is 4.98 Å². The molecule has 19 heavy (non-hydrogen) atoms. The summed E-state index contributed by atoms with van der Waals surface area (Å²) in [5.41, 5.74) is 1.29. The van der Waals surface area contributed by atoms with Gasteiger partial charge in [0.05, 0.1) is 0 Å². The van der Waals surface area contributed by atoms with E-state index in [0.29, 0.717) is 10.5 Å². The van der Waals surface area contributed by atoms with Gasteiger partial charge in [-0.15, -0.1) is 0 Å². The SMILES string of the molecule is C[O][Ti]([CH2]C(C)SC(C)c1ccncc1)([O]C)[O]C. The van der Waals surface area contributed by atoms with Crippen LogP contribution in [0, 0.1) is 0 Å². The Morgan fingerprint density at radius 1 is 1.11 bits per heavy atom. The van der Waals surface area contributed by atoms with Crippen LogP contribution in [0.1, 0.15) is 24.7 Å². The van der Waals surface area contributed by atoms with Crippen LogP contribution in [0.3, 0.4) is 0 Å². The molecule has 0 radical (unpaired) electrons. The maximum atomic E-state index is 5.51. The molecule has 1 aromatic heterocycles. The zero-order valence-electron chi connectivity index (χ0n) is 12.3. The Balaban J connectivity index is 2.57. The van der Waals surface area contributed by atoms with Gasteiger partial charge in [-0.25, -0.2) is 0 Å². The Morgan fingerprint density at radius 3 is 2.11 bits per heavy atom. The minimum absolute atomic E-state index is 0.419. The van der Waals surface area contributed by atoms with Crippen LogP contribution in [0.25, 0.3) is 0 Å². The molecule has 108 valence electrons. The molecule has 1 heterocycles. The van der Waals surface area contributed by atoms with Crippen LogP contribution < -0.4 is 0 Å². The third-order valence-electron chi connectivity index (χ3n) is 3.08. The first-order valence-electron chi connectivity index (χ1n) is 6.27. The van der Waals surface area contributed by atoms with Crippen molar-refractivity contribution in [3.8, 4) is 0 Å². The average Bonchev–Trinajstić information content (AvgIpc) is 2.46. The van der Waals surface area contributed by atoms with Crippen LogP contribution in [0.4, 0.5) is 0 Å². The van der Waals surface area contributed by atoms with Crippen molar-refractivity contribution in [2.24, 2.45) is 0 Å². The predicted octanol–water partition coefficient (Wildman–Crippen LogP) is 3.52. The zero-order valence-corrected chi connectivity index (χ0v) is 14.6. The van der Waals surface area contributed by atoms with E-state index in [4.69, 9.17) is 9.96 Å². The summed E-state index contributed by atoms with van der Waals surface area (Å²) in [6.07, 6.45) is 3.66. The number of hydrogen-bond donors (Lipinski definition) is 0. The summed E-state index contributed by atoms with van der Waals surface area (Å²) in [6.45, 7) is 4.40. The topological polar surface area (TPSA) is 40.6 Å². The van der Waals surface area contributed by atoms with Crippen LogP contribution in [0.15, 0.2) is 24.5 Å². The van der Waals surface area contributed by atoms with E-state index < -0.39 is 17.8 Å². The van der Waals surface area contributed by atoms with Gasteiger partial charge in [0.15, 0.2) is 0 Å². The molecule has 4 nitrogen and oxygen atoms in total. The molecule has 2 unspecified atom stereocenters. The molecular formula is C13H23NO3STi. The summed E-state index contributed by atoms with van der Waals surface area (Å²) >= 11 is -1.11. The molecule has 1 aromatic rings. The molecule has 0 aliphatic rings. The Labute approximate surface area is 125 Å². The van der Waals surface area contributed by atoms with Crippen molar-refractivity contribution in [2.45, 2.75) is 29.1 Å². The fraction of sp³-hybridized carbons (Fsp3) is 0.615. The fourth-order valence-electron chi connectivity index (χ4n) is 1.96. The van der Waals surface area contributed by atoms with E-state index in [1.54, 1.807) is 21.3 Å². The molecular weight excluding hydrogens is 298 g/mol. The molecule has 6 heteroatoms. The molecule has 0 aliphatic heterocycles. The molecule has 0 aromatic carbocycles. The summed E-state index contributed by atoms with van der Waals surface area (Å²) in [4.78, 5) is 4.05. The van der Waals surface area contributed by atoms with Gasteiger partial charge in [0.25, 0.3) is 0 Å². The standard InChI is InChI=1S/C10H14NS.3CH3O.Ti/c1-8(2)12-9(3)10-4-6-11-7-5-10;3*1-2;/h4-9H,1H2,2-3H3;3*1H3;/q;3*-1;+3. The Kier molecular flexibility index (Phi) is 7.58. The van der Waals surface area contributed by atoms with Gasteiger partial charge in [-0.2, -0.15) is 0 Å². The van der Waals surface area contributed by atoms with Gasteiger partial charge in [0.2, 0.25) is 0 Å². The van der Waals surface area contributed by atoms with Crippen molar-refractivity contribution in [1.29, 1.82) is 0 Å². The van der Waals surface area contributed by atoms with E-state index in [0.717, 1.165) is 4.73 Å². The summed E-state index contributed by atoms with van der Waals surface area (Å²) in [5.74, 6) is 0. The number of aromatic nitrogens is 1. The number of thioether (sulfide) groups is 1. The monoisotopic (exact) mass is 321 g/mol. The minimum atomic E-state index is -3.02. The fourth-order valence-corrected chi connectivity index (χ4v) is 7.02. The van der Waals surface area contributed by atoms with Crippen LogP contribution in [0.2, 0.25) is 4.73 Å². The Morgan fingerprint density at radius 2 is 1.63 bits per heavy atom. The number of hydrogen-bond acceptors (Lipinski definition) is 5. The molecule has 0 fully saturated rings. The van der Waals surface area contributed by atoms with Crippen molar-refractivity contribution in [3.63, 3.8) is 0 Å². The van der Waals surface area contributed by atoms with Gasteiger partial charge >= 0.3 is 125 Å². The Hall–Kier alpha value is 0.0943. The number of pyridine rings is 1. The van der Waals surface area contributed by atoms with E-state index in [9.17, 15) is 0 Å². The van der Waals surface area contributed by atoms with Gasteiger partial charge < -0.3 is 0 Å². The maximum absolute atomic E-state index is 5.51. The van der Waals surface area contributed by atoms with E-state index in [1.807, 2.05) is 24.2 Å².